The molecule has 1 aromatic rings. The lowest BCUT2D eigenvalue weighted by molar-refractivity contribution is -0.150. The minimum Gasteiger partial charge on any atom is -0.493 e. The van der Waals surface area contributed by atoms with Gasteiger partial charge in [0.05, 0.1) is 18.1 Å². The predicted octanol–water partition coefficient (Wildman–Crippen LogP) is 2.98. The van der Waals surface area contributed by atoms with E-state index < -0.39 is 23.7 Å². The molecule has 28 heavy (non-hydrogen) atoms. The molecule has 0 radical (unpaired) electrons. The Morgan fingerprint density at radius 1 is 1.36 bits per heavy atom. The van der Waals surface area contributed by atoms with Crippen LogP contribution in [-0.2, 0) is 14.3 Å². The summed E-state index contributed by atoms with van der Waals surface area (Å²) in [5.74, 6) is -0.402. The SMILES string of the molecule is CC[C@H](C)OC(=O)CN1C(=O)S/C(=C\c2ccc(OCC#N)c(OC)c2)C1=O. The molecule has 148 valence electrons. The summed E-state index contributed by atoms with van der Waals surface area (Å²) in [5, 5.41) is 8.07. The zero-order valence-electron chi connectivity index (χ0n) is 15.8. The molecule has 0 aromatic heterocycles. The molecule has 1 fully saturated rings. The van der Waals surface area contributed by atoms with Gasteiger partial charge in [-0.15, -0.1) is 0 Å². The molecule has 1 aliphatic heterocycles. The minimum atomic E-state index is -0.626. The van der Waals surface area contributed by atoms with Crippen LogP contribution in [0, 0.1) is 11.3 Å². The molecule has 0 bridgehead atoms. The third kappa shape index (κ3) is 5.27. The van der Waals surface area contributed by atoms with Gasteiger partial charge in [-0.1, -0.05) is 13.0 Å². The molecule has 0 N–H and O–H groups in total. The van der Waals surface area contributed by atoms with Crippen molar-refractivity contribution >= 4 is 35.0 Å². The number of carbonyl (C=O) groups excluding carboxylic acids is 3. The average molecular weight is 404 g/mol. The Hall–Kier alpha value is -2.99. The molecule has 1 aliphatic rings. The first-order valence-corrected chi connectivity index (χ1v) is 9.33. The molecule has 1 atom stereocenters. The number of imide groups is 1. The van der Waals surface area contributed by atoms with Crippen molar-refractivity contribution in [3.05, 3.63) is 28.7 Å². The quantitative estimate of drug-likeness (QED) is 0.481. The highest BCUT2D eigenvalue weighted by Crippen LogP contribution is 2.34. The summed E-state index contributed by atoms with van der Waals surface area (Å²) in [4.78, 5) is 37.5. The average Bonchev–Trinajstić information content (AvgIpc) is 2.93. The second-order valence-electron chi connectivity index (χ2n) is 5.83. The first-order chi connectivity index (χ1) is 13.4. The maximum atomic E-state index is 12.5. The van der Waals surface area contributed by atoms with E-state index in [1.807, 2.05) is 13.0 Å². The number of ether oxygens (including phenoxy) is 3. The van der Waals surface area contributed by atoms with E-state index in [9.17, 15) is 14.4 Å². The third-order valence-corrected chi connectivity index (χ3v) is 4.75. The lowest BCUT2D eigenvalue weighted by Gasteiger charge is -2.14. The van der Waals surface area contributed by atoms with Crippen LogP contribution in [-0.4, -0.2) is 48.4 Å². The maximum absolute atomic E-state index is 12.5. The zero-order chi connectivity index (χ0) is 20.7. The number of methoxy groups -OCH3 is 1. The number of benzene rings is 1. The van der Waals surface area contributed by atoms with Crippen LogP contribution in [0.15, 0.2) is 23.1 Å². The van der Waals surface area contributed by atoms with Crippen molar-refractivity contribution in [3.63, 3.8) is 0 Å². The molecule has 1 aromatic carbocycles. The number of amides is 2. The van der Waals surface area contributed by atoms with Crippen LogP contribution in [0.25, 0.3) is 6.08 Å². The second kappa shape index (κ2) is 9.80. The molecule has 9 heteroatoms. The van der Waals surface area contributed by atoms with Crippen LogP contribution in [0.4, 0.5) is 4.79 Å². The van der Waals surface area contributed by atoms with Gasteiger partial charge in [-0.05, 0) is 48.9 Å². The monoisotopic (exact) mass is 404 g/mol. The normalized spacial score (nSPS) is 16.1. The maximum Gasteiger partial charge on any atom is 0.326 e. The Morgan fingerprint density at radius 3 is 2.75 bits per heavy atom. The van der Waals surface area contributed by atoms with Crippen molar-refractivity contribution in [1.29, 1.82) is 5.26 Å². The summed E-state index contributed by atoms with van der Waals surface area (Å²) in [7, 11) is 1.45. The van der Waals surface area contributed by atoms with E-state index >= 15 is 0 Å². The molecular weight excluding hydrogens is 384 g/mol. The van der Waals surface area contributed by atoms with E-state index in [4.69, 9.17) is 19.5 Å². The summed E-state index contributed by atoms with van der Waals surface area (Å²) in [6.45, 7) is 3.06. The third-order valence-electron chi connectivity index (χ3n) is 3.85. The highest BCUT2D eigenvalue weighted by Gasteiger charge is 2.36. The highest BCUT2D eigenvalue weighted by molar-refractivity contribution is 8.18. The van der Waals surface area contributed by atoms with E-state index in [-0.39, 0.29) is 17.6 Å². The number of hydrogen-bond donors (Lipinski definition) is 0. The molecule has 2 rings (SSSR count). The molecule has 0 aliphatic carbocycles. The lowest BCUT2D eigenvalue weighted by atomic mass is 10.2. The Labute approximate surface area is 167 Å². The van der Waals surface area contributed by atoms with Gasteiger partial charge in [0.1, 0.15) is 12.6 Å². The first kappa shape index (κ1) is 21.3. The largest absolute Gasteiger partial charge is 0.493 e. The summed E-state index contributed by atoms with van der Waals surface area (Å²) in [6.07, 6.45) is 1.89. The summed E-state index contributed by atoms with van der Waals surface area (Å²) in [6, 6.07) is 6.77. The van der Waals surface area contributed by atoms with Crippen LogP contribution in [0.3, 0.4) is 0 Å². The number of rotatable bonds is 8. The molecule has 2 amide bonds. The van der Waals surface area contributed by atoms with Crippen molar-refractivity contribution < 1.29 is 28.6 Å². The molecule has 8 nitrogen and oxygen atoms in total. The van der Waals surface area contributed by atoms with Crippen molar-refractivity contribution in [2.24, 2.45) is 0 Å². The fourth-order valence-corrected chi connectivity index (χ4v) is 3.10. The van der Waals surface area contributed by atoms with Gasteiger partial charge in [0.25, 0.3) is 11.1 Å². The van der Waals surface area contributed by atoms with Crippen LogP contribution in [0.2, 0.25) is 0 Å². The second-order valence-corrected chi connectivity index (χ2v) is 6.83. The number of carbonyl (C=O) groups is 3. The number of nitriles is 1. The molecule has 0 saturated carbocycles. The van der Waals surface area contributed by atoms with Crippen LogP contribution in [0.5, 0.6) is 11.5 Å². The predicted molar refractivity (Wildman–Crippen MR) is 103 cm³/mol. The Balaban J connectivity index is 2.14. The standard InChI is InChI=1S/C19H20N2O6S/c1-4-12(2)27-17(22)11-21-18(23)16(28-19(21)24)10-13-5-6-14(26-8-7-20)15(9-13)25-3/h5-6,9-10,12H,4,8,11H2,1-3H3/b16-10-/t12-/m0/s1. The number of esters is 1. The van der Waals surface area contributed by atoms with E-state index in [1.165, 1.54) is 13.2 Å². The van der Waals surface area contributed by atoms with Gasteiger partial charge < -0.3 is 14.2 Å². The van der Waals surface area contributed by atoms with Crippen molar-refractivity contribution in [3.8, 4) is 17.6 Å². The molecule has 0 spiro atoms. The van der Waals surface area contributed by atoms with Gasteiger partial charge in [-0.3, -0.25) is 19.3 Å². The van der Waals surface area contributed by atoms with Gasteiger partial charge in [-0.2, -0.15) is 5.26 Å². The van der Waals surface area contributed by atoms with E-state index in [1.54, 1.807) is 25.1 Å². The zero-order valence-corrected chi connectivity index (χ0v) is 16.6. The van der Waals surface area contributed by atoms with Gasteiger partial charge in [0.15, 0.2) is 18.1 Å². The summed E-state index contributed by atoms with van der Waals surface area (Å²) in [5.41, 5.74) is 0.605. The van der Waals surface area contributed by atoms with Gasteiger partial charge in [0, 0.05) is 0 Å². The Bertz CT molecular complexity index is 845. The molecule has 0 unspecified atom stereocenters. The highest BCUT2D eigenvalue weighted by atomic mass is 32.2. The summed E-state index contributed by atoms with van der Waals surface area (Å²) < 4.78 is 15.6. The number of thioether (sulfide) groups is 1. The smallest absolute Gasteiger partial charge is 0.326 e. The Morgan fingerprint density at radius 2 is 2.11 bits per heavy atom. The van der Waals surface area contributed by atoms with Gasteiger partial charge >= 0.3 is 5.97 Å². The van der Waals surface area contributed by atoms with Crippen molar-refractivity contribution in [2.75, 3.05) is 20.3 Å². The van der Waals surface area contributed by atoms with Gasteiger partial charge in [0.2, 0.25) is 0 Å². The molecule has 1 heterocycles. The first-order valence-electron chi connectivity index (χ1n) is 8.52. The van der Waals surface area contributed by atoms with Gasteiger partial charge in [-0.25, -0.2) is 0 Å². The van der Waals surface area contributed by atoms with E-state index in [2.05, 4.69) is 0 Å². The fourth-order valence-electron chi connectivity index (χ4n) is 2.26. The Kier molecular flexibility index (Phi) is 7.46. The van der Waals surface area contributed by atoms with E-state index in [0.717, 1.165) is 16.7 Å². The van der Waals surface area contributed by atoms with Crippen LogP contribution < -0.4 is 9.47 Å². The van der Waals surface area contributed by atoms with Crippen molar-refractivity contribution in [1.82, 2.24) is 4.90 Å². The molecular formula is C19H20N2O6S. The summed E-state index contributed by atoms with van der Waals surface area (Å²) >= 11 is 0.750. The lowest BCUT2D eigenvalue weighted by Crippen LogP contribution is -2.35. The van der Waals surface area contributed by atoms with Crippen LogP contribution in [0.1, 0.15) is 25.8 Å². The minimum absolute atomic E-state index is 0.124. The number of nitrogens with zero attached hydrogens (tertiary/aromatic N) is 2. The van der Waals surface area contributed by atoms with Crippen molar-refractivity contribution in [2.45, 2.75) is 26.4 Å². The molecule has 1 saturated heterocycles. The van der Waals surface area contributed by atoms with E-state index in [0.29, 0.717) is 23.5 Å². The number of hydrogen-bond acceptors (Lipinski definition) is 8. The van der Waals surface area contributed by atoms with Crippen LogP contribution >= 0.6 is 11.8 Å². The fraction of sp³-hybridized carbons (Fsp3) is 0.368. The topological polar surface area (TPSA) is 106 Å².